The molecule has 0 saturated heterocycles. The van der Waals surface area contributed by atoms with Crippen LogP contribution in [0.15, 0.2) is 29.8 Å². The van der Waals surface area contributed by atoms with Gasteiger partial charge in [0, 0.05) is 19.6 Å². The summed E-state index contributed by atoms with van der Waals surface area (Å²) in [6.45, 7) is 11.0. The van der Waals surface area contributed by atoms with Crippen LogP contribution in [0.1, 0.15) is 17.5 Å². The van der Waals surface area contributed by atoms with Crippen LogP contribution in [-0.2, 0) is 0 Å². The third kappa shape index (κ3) is 1.54. The van der Waals surface area contributed by atoms with E-state index in [-0.39, 0.29) is 0 Å². The lowest BCUT2D eigenvalue weighted by Gasteiger charge is -2.26. The highest BCUT2D eigenvalue weighted by molar-refractivity contribution is 6.16. The maximum absolute atomic E-state index is 4.69. The van der Waals surface area contributed by atoms with Gasteiger partial charge in [0.15, 0.2) is 0 Å². The first kappa shape index (κ1) is 11.3. The summed E-state index contributed by atoms with van der Waals surface area (Å²) in [6.07, 6.45) is 3.08. The van der Waals surface area contributed by atoms with Crippen molar-refractivity contribution >= 4 is 17.3 Å². The average Bonchev–Trinajstić information content (AvgIpc) is 2.66. The van der Waals surface area contributed by atoms with Crippen molar-refractivity contribution in [1.29, 1.82) is 0 Å². The van der Waals surface area contributed by atoms with E-state index in [2.05, 4.69) is 47.4 Å². The molecular weight excluding hydrogens is 222 g/mol. The fraction of sp³-hybridized carbons (Fsp3) is 0.400. The zero-order chi connectivity index (χ0) is 12.7. The SMILES string of the molecule is C=CCN1C2=NCCCN2c2cc(C)c(C)cc21. The van der Waals surface area contributed by atoms with Gasteiger partial charge in [0.1, 0.15) is 0 Å². The molecule has 0 bridgehead atoms. The zero-order valence-electron chi connectivity index (χ0n) is 11.1. The van der Waals surface area contributed by atoms with Crippen LogP contribution in [0, 0.1) is 13.8 Å². The standard InChI is InChI=1S/C15H19N3/c1-4-7-17-13-9-11(2)12(3)10-14(13)18-8-5-6-16-15(17)18/h4,9-10H,1,5-8H2,2-3H3. The summed E-state index contributed by atoms with van der Waals surface area (Å²) in [7, 11) is 0. The fourth-order valence-electron chi connectivity index (χ4n) is 2.69. The van der Waals surface area contributed by atoms with Crippen molar-refractivity contribution in [2.24, 2.45) is 4.99 Å². The van der Waals surface area contributed by atoms with Crippen molar-refractivity contribution in [2.75, 3.05) is 29.4 Å². The van der Waals surface area contributed by atoms with Crippen molar-refractivity contribution in [3.8, 4) is 0 Å². The molecule has 3 rings (SSSR count). The number of hydrogen-bond donors (Lipinski definition) is 0. The van der Waals surface area contributed by atoms with E-state index in [1.807, 2.05) is 6.08 Å². The van der Waals surface area contributed by atoms with Crippen LogP contribution >= 0.6 is 0 Å². The quantitative estimate of drug-likeness (QED) is 0.741. The molecule has 1 aromatic rings. The van der Waals surface area contributed by atoms with Gasteiger partial charge in [-0.25, -0.2) is 0 Å². The molecule has 0 saturated carbocycles. The molecular formula is C15H19N3. The minimum Gasteiger partial charge on any atom is -0.310 e. The predicted molar refractivity (Wildman–Crippen MR) is 77.7 cm³/mol. The van der Waals surface area contributed by atoms with Crippen molar-refractivity contribution in [3.63, 3.8) is 0 Å². The van der Waals surface area contributed by atoms with E-state index in [9.17, 15) is 0 Å². The highest BCUT2D eigenvalue weighted by Gasteiger charge is 2.33. The molecule has 2 aliphatic heterocycles. The van der Waals surface area contributed by atoms with Gasteiger partial charge in [-0.3, -0.25) is 4.99 Å². The molecule has 94 valence electrons. The zero-order valence-corrected chi connectivity index (χ0v) is 11.1. The largest absolute Gasteiger partial charge is 0.310 e. The second kappa shape index (κ2) is 4.16. The molecule has 1 aromatic carbocycles. The van der Waals surface area contributed by atoms with Crippen molar-refractivity contribution in [3.05, 3.63) is 35.9 Å². The second-order valence-electron chi connectivity index (χ2n) is 5.01. The Labute approximate surface area is 108 Å². The van der Waals surface area contributed by atoms with Gasteiger partial charge >= 0.3 is 0 Å². The van der Waals surface area contributed by atoms with Gasteiger partial charge in [-0.1, -0.05) is 6.08 Å². The summed E-state index contributed by atoms with van der Waals surface area (Å²) < 4.78 is 0. The molecule has 0 unspecified atom stereocenters. The molecule has 0 atom stereocenters. The first-order valence-corrected chi connectivity index (χ1v) is 6.54. The van der Waals surface area contributed by atoms with E-state index in [0.29, 0.717) is 0 Å². The molecule has 0 N–H and O–H groups in total. The van der Waals surface area contributed by atoms with Gasteiger partial charge in [0.2, 0.25) is 5.96 Å². The number of anilines is 2. The highest BCUT2D eigenvalue weighted by atomic mass is 15.4. The van der Waals surface area contributed by atoms with Gasteiger partial charge in [-0.2, -0.15) is 0 Å². The molecule has 18 heavy (non-hydrogen) atoms. The second-order valence-corrected chi connectivity index (χ2v) is 5.01. The van der Waals surface area contributed by atoms with Crippen molar-refractivity contribution < 1.29 is 0 Å². The Bertz CT molecular complexity index is 531. The lowest BCUT2D eigenvalue weighted by atomic mass is 10.1. The van der Waals surface area contributed by atoms with Crippen LogP contribution < -0.4 is 9.80 Å². The topological polar surface area (TPSA) is 18.8 Å². The van der Waals surface area contributed by atoms with E-state index in [4.69, 9.17) is 0 Å². The molecule has 2 heterocycles. The van der Waals surface area contributed by atoms with E-state index in [1.54, 1.807) is 0 Å². The molecule has 3 nitrogen and oxygen atoms in total. The third-order valence-electron chi connectivity index (χ3n) is 3.76. The Morgan fingerprint density at radius 1 is 1.28 bits per heavy atom. The smallest absolute Gasteiger partial charge is 0.206 e. The molecule has 0 aromatic heterocycles. The van der Waals surface area contributed by atoms with E-state index in [1.165, 1.54) is 22.5 Å². The Morgan fingerprint density at radius 2 is 2.00 bits per heavy atom. The van der Waals surface area contributed by atoms with Crippen LogP contribution in [0.25, 0.3) is 0 Å². The summed E-state index contributed by atoms with van der Waals surface area (Å²) in [5, 5.41) is 0. The van der Waals surface area contributed by atoms with Gasteiger partial charge < -0.3 is 9.80 Å². The Hall–Kier alpha value is -1.77. The number of rotatable bonds is 2. The molecule has 0 radical (unpaired) electrons. The minimum absolute atomic E-state index is 0.824. The first-order valence-electron chi connectivity index (χ1n) is 6.54. The molecule has 2 aliphatic rings. The van der Waals surface area contributed by atoms with Gasteiger partial charge in [-0.05, 0) is 43.5 Å². The minimum atomic E-state index is 0.824. The van der Waals surface area contributed by atoms with Crippen LogP contribution in [0.4, 0.5) is 11.4 Å². The number of hydrogen-bond acceptors (Lipinski definition) is 3. The Morgan fingerprint density at radius 3 is 2.72 bits per heavy atom. The maximum Gasteiger partial charge on any atom is 0.206 e. The number of aryl methyl sites for hydroxylation is 2. The first-order chi connectivity index (χ1) is 8.72. The molecule has 3 heteroatoms. The highest BCUT2D eigenvalue weighted by Crippen LogP contribution is 2.40. The normalized spacial score (nSPS) is 17.3. The van der Waals surface area contributed by atoms with Gasteiger partial charge in [-0.15, -0.1) is 6.58 Å². The summed E-state index contributed by atoms with van der Waals surface area (Å²) in [4.78, 5) is 9.30. The number of fused-ring (bicyclic) bond motifs is 3. The number of aliphatic imine (C=N–C) groups is 1. The van der Waals surface area contributed by atoms with Crippen molar-refractivity contribution in [1.82, 2.24) is 0 Å². The van der Waals surface area contributed by atoms with E-state index in [0.717, 1.165) is 32.0 Å². The van der Waals surface area contributed by atoms with Crippen LogP contribution in [0.5, 0.6) is 0 Å². The fourth-order valence-corrected chi connectivity index (χ4v) is 2.69. The Kier molecular flexibility index (Phi) is 2.62. The molecule has 0 aliphatic carbocycles. The molecule has 0 amide bonds. The summed E-state index contributed by atoms with van der Waals surface area (Å²) >= 11 is 0. The molecule has 0 fully saturated rings. The average molecular weight is 241 g/mol. The van der Waals surface area contributed by atoms with Crippen LogP contribution in [0.3, 0.4) is 0 Å². The maximum atomic E-state index is 4.69. The van der Waals surface area contributed by atoms with Crippen molar-refractivity contribution in [2.45, 2.75) is 20.3 Å². The Balaban J connectivity index is 2.16. The number of nitrogens with zero attached hydrogens (tertiary/aromatic N) is 3. The summed E-state index contributed by atoms with van der Waals surface area (Å²) in [5.74, 6) is 1.10. The van der Waals surface area contributed by atoms with Crippen LogP contribution in [-0.4, -0.2) is 25.6 Å². The van der Waals surface area contributed by atoms with Gasteiger partial charge in [0.05, 0.1) is 11.4 Å². The lowest BCUT2D eigenvalue weighted by Crippen LogP contribution is -2.41. The van der Waals surface area contributed by atoms with E-state index < -0.39 is 0 Å². The molecule has 0 spiro atoms. The number of benzene rings is 1. The van der Waals surface area contributed by atoms with Gasteiger partial charge in [0.25, 0.3) is 0 Å². The number of guanidine groups is 1. The van der Waals surface area contributed by atoms with Crippen LogP contribution in [0.2, 0.25) is 0 Å². The summed E-state index contributed by atoms with van der Waals surface area (Å²) in [6, 6.07) is 4.56. The monoisotopic (exact) mass is 241 g/mol. The summed E-state index contributed by atoms with van der Waals surface area (Å²) in [5.41, 5.74) is 5.26. The third-order valence-corrected chi connectivity index (χ3v) is 3.76. The predicted octanol–water partition coefficient (Wildman–Crippen LogP) is 2.88. The van der Waals surface area contributed by atoms with E-state index >= 15 is 0 Å². The lowest BCUT2D eigenvalue weighted by molar-refractivity contribution is 0.788.